The molecule has 1 heterocycles. The van der Waals surface area contributed by atoms with Crippen LogP contribution in [0.1, 0.15) is 18.1 Å². The smallest absolute Gasteiger partial charge is 0.132 e. The van der Waals surface area contributed by atoms with E-state index in [1.165, 1.54) is 0 Å². The maximum atomic E-state index is 6.33. The van der Waals surface area contributed by atoms with E-state index in [9.17, 15) is 0 Å². The summed E-state index contributed by atoms with van der Waals surface area (Å²) in [4.78, 5) is 4.56. The average Bonchev–Trinajstić information content (AvgIpc) is 2.80. The molecule has 0 saturated carbocycles. The lowest BCUT2D eigenvalue weighted by Crippen LogP contribution is -2.02. The summed E-state index contributed by atoms with van der Waals surface area (Å²) in [5.74, 6) is 0.684. The van der Waals surface area contributed by atoms with Crippen molar-refractivity contribution in [3.63, 3.8) is 0 Å². The van der Waals surface area contributed by atoms with Gasteiger partial charge in [0.2, 0.25) is 0 Å². The summed E-state index contributed by atoms with van der Waals surface area (Å²) >= 11 is 24.8. The standard InChI is InChI=1S/C15H10Cl4N2/c1-8(16)15-20-14-10(18)3-2-4-13(14)21(15)12-6-5-9(17)7-11(12)19/h2-8H,1H3. The van der Waals surface area contributed by atoms with Crippen LogP contribution in [0.5, 0.6) is 0 Å². The second kappa shape index (κ2) is 5.69. The molecule has 1 atom stereocenters. The number of rotatable bonds is 2. The molecule has 0 fully saturated rings. The molecule has 6 heteroatoms. The van der Waals surface area contributed by atoms with Crippen molar-refractivity contribution in [3.05, 3.63) is 57.3 Å². The molecule has 1 unspecified atom stereocenters. The van der Waals surface area contributed by atoms with Gasteiger partial charge in [-0.2, -0.15) is 0 Å². The largest absolute Gasteiger partial charge is 0.293 e. The summed E-state index contributed by atoms with van der Waals surface area (Å²) < 4.78 is 1.91. The Balaban J connectivity index is 2.39. The number of nitrogens with zero attached hydrogens (tertiary/aromatic N) is 2. The van der Waals surface area contributed by atoms with Crippen LogP contribution in [0.2, 0.25) is 15.1 Å². The third-order valence-corrected chi connectivity index (χ3v) is 4.21. The Kier molecular flexibility index (Phi) is 4.06. The van der Waals surface area contributed by atoms with Crippen molar-refractivity contribution < 1.29 is 0 Å². The summed E-state index contributed by atoms with van der Waals surface area (Å²) in [7, 11) is 0. The molecular weight excluding hydrogens is 350 g/mol. The zero-order valence-electron chi connectivity index (χ0n) is 10.9. The number of fused-ring (bicyclic) bond motifs is 1. The van der Waals surface area contributed by atoms with Crippen LogP contribution in [0, 0.1) is 0 Å². The van der Waals surface area contributed by atoms with Crippen LogP contribution in [-0.4, -0.2) is 9.55 Å². The molecule has 2 nitrogen and oxygen atoms in total. The van der Waals surface area contributed by atoms with Crippen molar-refractivity contribution in [2.45, 2.75) is 12.3 Å². The summed E-state index contributed by atoms with van der Waals surface area (Å²) in [6.45, 7) is 1.86. The average molecular weight is 360 g/mol. The lowest BCUT2D eigenvalue weighted by molar-refractivity contribution is 0.883. The molecule has 3 aromatic rings. The van der Waals surface area contributed by atoms with Gasteiger partial charge in [0.05, 0.1) is 26.6 Å². The molecule has 0 N–H and O–H groups in total. The highest BCUT2D eigenvalue weighted by Gasteiger charge is 2.19. The van der Waals surface area contributed by atoms with Crippen LogP contribution in [0.4, 0.5) is 0 Å². The van der Waals surface area contributed by atoms with Crippen LogP contribution >= 0.6 is 46.4 Å². The van der Waals surface area contributed by atoms with Crippen molar-refractivity contribution in [2.75, 3.05) is 0 Å². The number of imidazole rings is 1. The fourth-order valence-corrected chi connectivity index (χ4v) is 3.12. The SMILES string of the molecule is CC(Cl)c1nc2c(Cl)cccc2n1-c1ccc(Cl)cc1Cl. The molecule has 0 spiro atoms. The van der Waals surface area contributed by atoms with E-state index >= 15 is 0 Å². The number of para-hydroxylation sites is 1. The number of hydrogen-bond acceptors (Lipinski definition) is 1. The third kappa shape index (κ3) is 2.62. The lowest BCUT2D eigenvalue weighted by Gasteiger charge is -2.12. The monoisotopic (exact) mass is 358 g/mol. The highest BCUT2D eigenvalue weighted by molar-refractivity contribution is 6.36. The third-order valence-electron chi connectivity index (χ3n) is 3.17. The first-order chi connectivity index (χ1) is 9.99. The normalized spacial score (nSPS) is 12.8. The second-order valence-corrected chi connectivity index (χ2v) is 6.53. The topological polar surface area (TPSA) is 17.8 Å². The van der Waals surface area contributed by atoms with Gasteiger partial charge in [-0.05, 0) is 37.3 Å². The van der Waals surface area contributed by atoms with E-state index in [0.717, 1.165) is 11.2 Å². The van der Waals surface area contributed by atoms with Gasteiger partial charge in [-0.25, -0.2) is 4.98 Å². The van der Waals surface area contributed by atoms with E-state index in [1.807, 2.05) is 29.7 Å². The molecule has 21 heavy (non-hydrogen) atoms. The van der Waals surface area contributed by atoms with Crippen LogP contribution in [0.25, 0.3) is 16.7 Å². The molecule has 2 aromatic carbocycles. The highest BCUT2D eigenvalue weighted by atomic mass is 35.5. The van der Waals surface area contributed by atoms with Gasteiger partial charge in [-0.1, -0.05) is 40.9 Å². The molecule has 0 aliphatic rings. The minimum absolute atomic E-state index is 0.291. The summed E-state index contributed by atoms with van der Waals surface area (Å²) in [5.41, 5.74) is 2.33. The maximum absolute atomic E-state index is 6.33. The minimum atomic E-state index is -0.291. The number of hydrogen-bond donors (Lipinski definition) is 0. The fraction of sp³-hybridized carbons (Fsp3) is 0.133. The fourth-order valence-electron chi connectivity index (χ4n) is 2.27. The molecule has 108 valence electrons. The Morgan fingerprint density at radius 3 is 2.48 bits per heavy atom. The Bertz CT molecular complexity index is 824. The minimum Gasteiger partial charge on any atom is -0.293 e. The number of benzene rings is 2. The second-order valence-electron chi connectivity index (χ2n) is 4.62. The summed E-state index contributed by atoms with van der Waals surface area (Å²) in [6.07, 6.45) is 0. The van der Waals surface area contributed by atoms with Crippen LogP contribution in [-0.2, 0) is 0 Å². The molecule has 3 rings (SSSR count). The molecule has 0 amide bonds. The van der Waals surface area contributed by atoms with Gasteiger partial charge in [-0.15, -0.1) is 11.6 Å². The Labute approximate surface area is 142 Å². The van der Waals surface area contributed by atoms with E-state index in [0.29, 0.717) is 26.4 Å². The van der Waals surface area contributed by atoms with Gasteiger partial charge >= 0.3 is 0 Å². The van der Waals surface area contributed by atoms with Crippen molar-refractivity contribution in [2.24, 2.45) is 0 Å². The van der Waals surface area contributed by atoms with E-state index in [2.05, 4.69) is 4.98 Å². The number of halogens is 4. The predicted octanol–water partition coefficient (Wildman–Crippen LogP) is 6.29. The van der Waals surface area contributed by atoms with Gasteiger partial charge < -0.3 is 0 Å². The molecule has 0 radical (unpaired) electrons. The zero-order chi connectivity index (χ0) is 15.1. The maximum Gasteiger partial charge on any atom is 0.132 e. The number of alkyl halides is 1. The summed E-state index contributed by atoms with van der Waals surface area (Å²) in [5, 5.41) is 1.39. The van der Waals surface area contributed by atoms with Gasteiger partial charge in [-0.3, -0.25) is 4.57 Å². The van der Waals surface area contributed by atoms with Gasteiger partial charge in [0.25, 0.3) is 0 Å². The molecular formula is C15H10Cl4N2. The number of aromatic nitrogens is 2. The molecule has 0 aliphatic heterocycles. The van der Waals surface area contributed by atoms with Gasteiger partial charge in [0.15, 0.2) is 0 Å². The van der Waals surface area contributed by atoms with Crippen molar-refractivity contribution in [1.29, 1.82) is 0 Å². The van der Waals surface area contributed by atoms with E-state index < -0.39 is 0 Å². The zero-order valence-corrected chi connectivity index (χ0v) is 14.0. The van der Waals surface area contributed by atoms with E-state index in [1.54, 1.807) is 18.2 Å². The Morgan fingerprint density at radius 2 is 1.81 bits per heavy atom. The van der Waals surface area contributed by atoms with E-state index in [4.69, 9.17) is 46.4 Å². The van der Waals surface area contributed by atoms with Crippen LogP contribution in [0.3, 0.4) is 0 Å². The Hall–Kier alpha value is -0.930. The van der Waals surface area contributed by atoms with E-state index in [-0.39, 0.29) is 5.38 Å². The molecule has 0 aliphatic carbocycles. The highest BCUT2D eigenvalue weighted by Crippen LogP contribution is 2.34. The van der Waals surface area contributed by atoms with Crippen molar-refractivity contribution in [3.8, 4) is 5.69 Å². The quantitative estimate of drug-likeness (QED) is 0.492. The first-order valence-corrected chi connectivity index (χ1v) is 7.82. The first kappa shape index (κ1) is 15.0. The first-order valence-electron chi connectivity index (χ1n) is 6.25. The van der Waals surface area contributed by atoms with Gasteiger partial charge in [0, 0.05) is 5.02 Å². The molecule has 1 aromatic heterocycles. The van der Waals surface area contributed by atoms with Gasteiger partial charge in [0.1, 0.15) is 11.3 Å². The Morgan fingerprint density at radius 1 is 1.05 bits per heavy atom. The van der Waals surface area contributed by atoms with Crippen molar-refractivity contribution in [1.82, 2.24) is 9.55 Å². The van der Waals surface area contributed by atoms with Crippen molar-refractivity contribution >= 4 is 57.4 Å². The molecule has 0 bridgehead atoms. The lowest BCUT2D eigenvalue weighted by atomic mass is 10.2. The predicted molar refractivity (Wildman–Crippen MR) is 90.4 cm³/mol. The van der Waals surface area contributed by atoms with Crippen LogP contribution < -0.4 is 0 Å². The summed E-state index contributed by atoms with van der Waals surface area (Å²) in [6, 6.07) is 10.9. The van der Waals surface area contributed by atoms with Crippen LogP contribution in [0.15, 0.2) is 36.4 Å². The molecule has 0 saturated heterocycles.